The zero-order chi connectivity index (χ0) is 20.3. The number of carbonyl (C=O) groups is 2. The van der Waals surface area contributed by atoms with Crippen molar-refractivity contribution in [2.24, 2.45) is 0 Å². The lowest BCUT2D eigenvalue weighted by Gasteiger charge is -2.39. The van der Waals surface area contributed by atoms with Gasteiger partial charge in [-0.1, -0.05) is 36.4 Å². The molecular formula is C19H24ClN5O2S. The topological polar surface area (TPSA) is 71.3 Å². The second kappa shape index (κ2) is 8.96. The van der Waals surface area contributed by atoms with E-state index in [9.17, 15) is 9.59 Å². The molecule has 1 aliphatic rings. The van der Waals surface area contributed by atoms with Crippen LogP contribution in [0, 0.1) is 6.92 Å². The Morgan fingerprint density at radius 2 is 2.04 bits per heavy atom. The summed E-state index contributed by atoms with van der Waals surface area (Å²) in [6.45, 7) is 7.43. The van der Waals surface area contributed by atoms with Gasteiger partial charge in [-0.2, -0.15) is 0 Å². The minimum Gasteiger partial charge on any atom is -0.338 e. The SMILES string of the molecule is CCC(=O)N1CCN(C(=O)CSc2nnc(C)n2-c2cccc(Cl)c2)CC1C. The molecule has 0 spiro atoms. The molecule has 1 unspecified atom stereocenters. The lowest BCUT2D eigenvalue weighted by molar-refractivity contribution is -0.141. The number of hydrogen-bond donors (Lipinski definition) is 0. The van der Waals surface area contributed by atoms with Crippen LogP contribution in [0.5, 0.6) is 0 Å². The van der Waals surface area contributed by atoms with Crippen LogP contribution in [0.1, 0.15) is 26.1 Å². The predicted octanol–water partition coefficient (Wildman–Crippen LogP) is 2.79. The van der Waals surface area contributed by atoms with Crippen molar-refractivity contribution in [1.29, 1.82) is 0 Å². The van der Waals surface area contributed by atoms with Crippen molar-refractivity contribution in [3.05, 3.63) is 35.1 Å². The van der Waals surface area contributed by atoms with Crippen molar-refractivity contribution < 1.29 is 9.59 Å². The number of thioether (sulfide) groups is 1. The van der Waals surface area contributed by atoms with Gasteiger partial charge >= 0.3 is 0 Å². The molecule has 150 valence electrons. The van der Waals surface area contributed by atoms with Crippen LogP contribution in [0.25, 0.3) is 5.69 Å². The molecule has 28 heavy (non-hydrogen) atoms. The maximum atomic E-state index is 12.7. The normalized spacial score (nSPS) is 17.1. The second-order valence-electron chi connectivity index (χ2n) is 6.76. The monoisotopic (exact) mass is 421 g/mol. The maximum absolute atomic E-state index is 12.7. The standard InChI is InChI=1S/C19H24ClN5O2S/c1-4-17(26)24-9-8-23(11-13(24)2)18(27)12-28-19-22-21-14(3)25(19)16-7-5-6-15(20)10-16/h5-7,10,13H,4,8-9,11-12H2,1-3H3. The number of piperazine rings is 1. The highest BCUT2D eigenvalue weighted by Crippen LogP contribution is 2.24. The quantitative estimate of drug-likeness (QED) is 0.694. The number of hydrogen-bond acceptors (Lipinski definition) is 5. The third kappa shape index (κ3) is 4.50. The molecule has 1 aliphatic heterocycles. The van der Waals surface area contributed by atoms with Gasteiger partial charge in [0.1, 0.15) is 5.82 Å². The minimum atomic E-state index is 0.0347. The molecule has 0 radical (unpaired) electrons. The Kier molecular flexibility index (Phi) is 6.61. The lowest BCUT2D eigenvalue weighted by Crippen LogP contribution is -2.55. The molecule has 0 bridgehead atoms. The molecule has 0 saturated carbocycles. The van der Waals surface area contributed by atoms with Crippen molar-refractivity contribution in [1.82, 2.24) is 24.6 Å². The molecule has 9 heteroatoms. The Balaban J connectivity index is 1.64. The summed E-state index contributed by atoms with van der Waals surface area (Å²) in [6, 6.07) is 7.49. The average Bonchev–Trinajstić information content (AvgIpc) is 3.05. The van der Waals surface area contributed by atoms with Crippen LogP contribution in [0.4, 0.5) is 0 Å². The van der Waals surface area contributed by atoms with Crippen molar-refractivity contribution >= 4 is 35.2 Å². The van der Waals surface area contributed by atoms with E-state index in [0.717, 1.165) is 11.5 Å². The van der Waals surface area contributed by atoms with Crippen molar-refractivity contribution in [3.8, 4) is 5.69 Å². The first kappa shape index (κ1) is 20.7. The number of halogens is 1. The average molecular weight is 422 g/mol. The Labute approximate surface area is 174 Å². The summed E-state index contributed by atoms with van der Waals surface area (Å²) in [5, 5.41) is 9.64. The summed E-state index contributed by atoms with van der Waals surface area (Å²) < 4.78 is 1.89. The van der Waals surface area contributed by atoms with Gasteiger partial charge in [0.2, 0.25) is 11.8 Å². The highest BCUT2D eigenvalue weighted by molar-refractivity contribution is 7.99. The number of aryl methyl sites for hydroxylation is 1. The van der Waals surface area contributed by atoms with Gasteiger partial charge in [-0.15, -0.1) is 10.2 Å². The first-order valence-corrected chi connectivity index (χ1v) is 10.6. The predicted molar refractivity (Wildman–Crippen MR) is 110 cm³/mol. The van der Waals surface area contributed by atoms with Crippen molar-refractivity contribution in [2.45, 2.75) is 38.4 Å². The number of benzene rings is 1. The van der Waals surface area contributed by atoms with E-state index in [2.05, 4.69) is 10.2 Å². The molecule has 1 fully saturated rings. The van der Waals surface area contributed by atoms with Crippen LogP contribution in [0.15, 0.2) is 29.4 Å². The van der Waals surface area contributed by atoms with Crippen LogP contribution in [-0.2, 0) is 9.59 Å². The largest absolute Gasteiger partial charge is 0.338 e. The summed E-state index contributed by atoms with van der Waals surface area (Å²) >= 11 is 7.46. The molecule has 0 N–H and O–H groups in total. The van der Waals surface area contributed by atoms with Gasteiger partial charge in [-0.05, 0) is 32.0 Å². The van der Waals surface area contributed by atoms with E-state index < -0.39 is 0 Å². The second-order valence-corrected chi connectivity index (χ2v) is 8.14. The van der Waals surface area contributed by atoms with E-state index in [4.69, 9.17) is 11.6 Å². The van der Waals surface area contributed by atoms with Crippen LogP contribution in [-0.4, -0.2) is 67.8 Å². The van der Waals surface area contributed by atoms with E-state index in [1.807, 2.05) is 59.4 Å². The van der Waals surface area contributed by atoms with Crippen molar-refractivity contribution in [2.75, 3.05) is 25.4 Å². The third-order valence-electron chi connectivity index (χ3n) is 4.79. The van der Waals surface area contributed by atoms with Gasteiger partial charge in [0.25, 0.3) is 0 Å². The van der Waals surface area contributed by atoms with Gasteiger partial charge in [-0.25, -0.2) is 0 Å². The summed E-state index contributed by atoms with van der Waals surface area (Å²) in [5.41, 5.74) is 0.866. The van der Waals surface area contributed by atoms with E-state index >= 15 is 0 Å². The number of rotatable bonds is 5. The minimum absolute atomic E-state index is 0.0347. The third-order valence-corrected chi connectivity index (χ3v) is 5.94. The Morgan fingerprint density at radius 3 is 2.71 bits per heavy atom. The molecule has 2 amide bonds. The van der Waals surface area contributed by atoms with E-state index in [-0.39, 0.29) is 23.6 Å². The lowest BCUT2D eigenvalue weighted by atomic mass is 10.2. The summed E-state index contributed by atoms with van der Waals surface area (Å²) in [7, 11) is 0. The fourth-order valence-corrected chi connectivity index (χ4v) is 4.41. The van der Waals surface area contributed by atoms with Gasteiger partial charge in [0.05, 0.1) is 11.4 Å². The number of carbonyl (C=O) groups excluding carboxylic acids is 2. The summed E-state index contributed by atoms with van der Waals surface area (Å²) in [5.74, 6) is 1.18. The number of nitrogens with zero attached hydrogens (tertiary/aromatic N) is 5. The highest BCUT2D eigenvalue weighted by atomic mass is 35.5. The molecule has 1 aromatic carbocycles. The van der Waals surface area contributed by atoms with Gasteiger partial charge in [-0.3, -0.25) is 14.2 Å². The van der Waals surface area contributed by atoms with Gasteiger partial charge in [0, 0.05) is 37.1 Å². The summed E-state index contributed by atoms with van der Waals surface area (Å²) in [4.78, 5) is 28.3. The van der Waals surface area contributed by atoms with Crippen LogP contribution >= 0.6 is 23.4 Å². The van der Waals surface area contributed by atoms with Crippen LogP contribution in [0.2, 0.25) is 5.02 Å². The first-order valence-electron chi connectivity index (χ1n) is 9.28. The van der Waals surface area contributed by atoms with Gasteiger partial charge in [0.15, 0.2) is 5.16 Å². The Bertz CT molecular complexity index is 872. The van der Waals surface area contributed by atoms with Crippen LogP contribution < -0.4 is 0 Å². The Hall–Kier alpha value is -2.06. The van der Waals surface area contributed by atoms with Gasteiger partial charge < -0.3 is 9.80 Å². The zero-order valence-corrected chi connectivity index (χ0v) is 17.8. The highest BCUT2D eigenvalue weighted by Gasteiger charge is 2.29. The molecule has 3 rings (SSSR count). The molecule has 0 aliphatic carbocycles. The number of amides is 2. The molecule has 2 aromatic rings. The molecule has 7 nitrogen and oxygen atoms in total. The van der Waals surface area contributed by atoms with Crippen LogP contribution in [0.3, 0.4) is 0 Å². The molecular weight excluding hydrogens is 398 g/mol. The molecule has 1 saturated heterocycles. The molecule has 1 aromatic heterocycles. The van der Waals surface area contributed by atoms with E-state index in [0.29, 0.717) is 36.2 Å². The van der Waals surface area contributed by atoms with Crippen molar-refractivity contribution in [3.63, 3.8) is 0 Å². The summed E-state index contributed by atoms with van der Waals surface area (Å²) in [6.07, 6.45) is 0.493. The van der Waals surface area contributed by atoms with E-state index in [1.165, 1.54) is 11.8 Å². The first-order chi connectivity index (χ1) is 13.4. The van der Waals surface area contributed by atoms with E-state index in [1.54, 1.807) is 0 Å². The number of aromatic nitrogens is 3. The Morgan fingerprint density at radius 1 is 1.25 bits per heavy atom. The zero-order valence-electron chi connectivity index (χ0n) is 16.3. The molecule has 2 heterocycles. The maximum Gasteiger partial charge on any atom is 0.233 e. The fraction of sp³-hybridized carbons (Fsp3) is 0.474. The smallest absolute Gasteiger partial charge is 0.233 e. The fourth-order valence-electron chi connectivity index (χ4n) is 3.32. The molecule has 1 atom stereocenters.